The van der Waals surface area contributed by atoms with Crippen LogP contribution >= 0.6 is 0 Å². The number of hydrazone groups is 1. The Balaban J connectivity index is 3.00. The normalized spacial score (nSPS) is 10.6. The summed E-state index contributed by atoms with van der Waals surface area (Å²) < 4.78 is 0. The molecule has 0 unspecified atom stereocenters. The van der Waals surface area contributed by atoms with Crippen molar-refractivity contribution in [3.8, 4) is 6.07 Å². The van der Waals surface area contributed by atoms with Gasteiger partial charge in [-0.15, -0.1) is 0 Å². The summed E-state index contributed by atoms with van der Waals surface area (Å²) in [5.74, 6) is -0.480. The van der Waals surface area contributed by atoms with Crippen LogP contribution in [0.3, 0.4) is 0 Å². The number of nitrogens with zero attached hydrogens (tertiary/aromatic N) is 3. The van der Waals surface area contributed by atoms with Crippen molar-refractivity contribution in [2.75, 3.05) is 5.43 Å². The number of hydrogen-bond donors (Lipinski definition) is 3. The maximum absolute atomic E-state index is 10.7. The minimum atomic E-state index is -0.513. The zero-order valence-electron chi connectivity index (χ0n) is 9.47. The summed E-state index contributed by atoms with van der Waals surface area (Å²) in [5, 5.41) is 29.9. The number of nitrogens with one attached hydrogen (secondary N) is 2. The van der Waals surface area contributed by atoms with Crippen LogP contribution in [0.5, 0.6) is 0 Å². The van der Waals surface area contributed by atoms with E-state index in [4.69, 9.17) is 16.4 Å². The maximum Gasteiger partial charge on any atom is 0.274 e. The smallest absolute Gasteiger partial charge is 0.274 e. The highest BCUT2D eigenvalue weighted by atomic mass is 16.6. The molecule has 92 valence electrons. The number of rotatable bonds is 4. The molecule has 0 aromatic heterocycles. The molecule has 0 atom stereocenters. The molecule has 1 aromatic rings. The van der Waals surface area contributed by atoms with Crippen LogP contribution in [0.15, 0.2) is 23.3 Å². The van der Waals surface area contributed by atoms with Crippen molar-refractivity contribution < 1.29 is 4.92 Å². The van der Waals surface area contributed by atoms with Crippen LogP contribution in [0.4, 0.5) is 11.4 Å². The van der Waals surface area contributed by atoms with Crippen molar-refractivity contribution in [2.45, 2.75) is 6.92 Å². The molecule has 8 heteroatoms. The fraction of sp³-hybridized carbons (Fsp3) is 0.100. The van der Waals surface area contributed by atoms with Crippen LogP contribution in [-0.4, -0.2) is 16.5 Å². The molecule has 0 aliphatic heterocycles. The van der Waals surface area contributed by atoms with Gasteiger partial charge in [-0.25, -0.2) is 0 Å². The zero-order chi connectivity index (χ0) is 13.7. The van der Waals surface area contributed by atoms with Gasteiger partial charge in [0.25, 0.3) is 5.69 Å². The lowest BCUT2D eigenvalue weighted by atomic mass is 10.2. The average molecular weight is 246 g/mol. The number of hydrogen-bond acceptors (Lipinski definition) is 6. The van der Waals surface area contributed by atoms with Crippen molar-refractivity contribution in [2.24, 2.45) is 10.8 Å². The van der Waals surface area contributed by atoms with Crippen molar-refractivity contribution in [3.63, 3.8) is 0 Å². The number of anilines is 1. The van der Waals surface area contributed by atoms with Crippen LogP contribution < -0.4 is 11.2 Å². The summed E-state index contributed by atoms with van der Waals surface area (Å²) in [4.78, 5) is 10.2. The van der Waals surface area contributed by atoms with Gasteiger partial charge in [-0.1, -0.05) is 6.07 Å². The lowest BCUT2D eigenvalue weighted by Gasteiger charge is -2.02. The number of benzene rings is 1. The minimum Gasteiger partial charge on any atom is -0.382 e. The van der Waals surface area contributed by atoms with Gasteiger partial charge < -0.3 is 5.73 Å². The summed E-state index contributed by atoms with van der Waals surface area (Å²) in [6, 6.07) is 6.03. The summed E-state index contributed by atoms with van der Waals surface area (Å²) in [5.41, 5.74) is 8.03. The fourth-order valence-corrected chi connectivity index (χ4v) is 1.14. The topological polar surface area (TPSA) is 141 Å². The first-order chi connectivity index (χ1) is 8.45. The Bertz CT molecular complexity index is 572. The Kier molecular flexibility index (Phi) is 3.93. The Labute approximate surface area is 102 Å². The van der Waals surface area contributed by atoms with Crippen LogP contribution in [-0.2, 0) is 0 Å². The quantitative estimate of drug-likeness (QED) is 0.316. The van der Waals surface area contributed by atoms with E-state index in [1.807, 2.05) is 0 Å². The second-order valence-corrected chi connectivity index (χ2v) is 3.36. The molecule has 0 amide bonds. The number of aryl methyl sites for hydroxylation is 1. The van der Waals surface area contributed by atoms with E-state index in [1.54, 1.807) is 25.1 Å². The van der Waals surface area contributed by atoms with Crippen molar-refractivity contribution >= 4 is 22.9 Å². The van der Waals surface area contributed by atoms with E-state index < -0.39 is 10.8 Å². The number of nitriles is 1. The molecule has 4 N–H and O–H groups in total. The van der Waals surface area contributed by atoms with Gasteiger partial charge in [0.05, 0.1) is 10.6 Å². The Morgan fingerprint density at radius 3 is 2.83 bits per heavy atom. The summed E-state index contributed by atoms with van der Waals surface area (Å²) in [7, 11) is 0. The molecule has 8 nitrogen and oxygen atoms in total. The fourth-order valence-electron chi connectivity index (χ4n) is 1.14. The number of nitro benzene ring substituents is 1. The molecule has 0 spiro atoms. The van der Waals surface area contributed by atoms with Gasteiger partial charge in [0.2, 0.25) is 5.71 Å². The van der Waals surface area contributed by atoms with Crippen molar-refractivity contribution in [1.82, 2.24) is 0 Å². The zero-order valence-corrected chi connectivity index (χ0v) is 9.47. The van der Waals surface area contributed by atoms with Gasteiger partial charge in [0, 0.05) is 11.6 Å². The average Bonchev–Trinajstić information content (AvgIpc) is 2.31. The molecule has 0 fully saturated rings. The molecule has 0 aliphatic rings. The predicted molar refractivity (Wildman–Crippen MR) is 66.4 cm³/mol. The van der Waals surface area contributed by atoms with E-state index >= 15 is 0 Å². The highest BCUT2D eigenvalue weighted by molar-refractivity contribution is 6.45. The van der Waals surface area contributed by atoms with Crippen LogP contribution in [0.1, 0.15) is 5.56 Å². The SMILES string of the molecule is Cc1ccc(N/N=C(\C#N)C(=N)N)cc1[N+](=O)[O-]. The van der Waals surface area contributed by atoms with E-state index in [0.29, 0.717) is 11.3 Å². The van der Waals surface area contributed by atoms with E-state index in [1.165, 1.54) is 6.07 Å². The number of nitro groups is 1. The molecule has 0 saturated carbocycles. The van der Waals surface area contributed by atoms with Gasteiger partial charge in [-0.3, -0.25) is 20.9 Å². The first kappa shape index (κ1) is 13.1. The molecule has 0 radical (unpaired) electrons. The highest BCUT2D eigenvalue weighted by Crippen LogP contribution is 2.22. The van der Waals surface area contributed by atoms with Crippen LogP contribution in [0.25, 0.3) is 0 Å². The number of amidine groups is 1. The Hall–Kier alpha value is -2.95. The first-order valence-electron chi connectivity index (χ1n) is 4.79. The molecule has 0 saturated heterocycles. The molecule has 0 heterocycles. The summed E-state index contributed by atoms with van der Waals surface area (Å²) in [6.07, 6.45) is 0. The number of nitrogens with two attached hydrogens (primary N) is 1. The molecular formula is C10H10N6O2. The Morgan fingerprint density at radius 1 is 1.67 bits per heavy atom. The monoisotopic (exact) mass is 246 g/mol. The van der Waals surface area contributed by atoms with Crippen LogP contribution in [0, 0.1) is 33.8 Å². The minimum absolute atomic E-state index is 0.0588. The lowest BCUT2D eigenvalue weighted by molar-refractivity contribution is -0.385. The molecular weight excluding hydrogens is 236 g/mol. The second kappa shape index (κ2) is 5.40. The van der Waals surface area contributed by atoms with E-state index in [0.717, 1.165) is 0 Å². The second-order valence-electron chi connectivity index (χ2n) is 3.36. The van der Waals surface area contributed by atoms with Gasteiger partial charge in [-0.2, -0.15) is 10.4 Å². The van der Waals surface area contributed by atoms with Crippen molar-refractivity contribution in [1.29, 1.82) is 10.7 Å². The molecule has 0 bridgehead atoms. The largest absolute Gasteiger partial charge is 0.382 e. The van der Waals surface area contributed by atoms with E-state index in [-0.39, 0.29) is 11.4 Å². The standard InChI is InChI=1S/C10H10N6O2/c1-6-2-3-7(4-9(6)16(17)18)14-15-8(5-11)10(12)13/h2-4,14H,1H3,(H3,12,13)/b15-8+. The summed E-state index contributed by atoms with van der Waals surface area (Å²) in [6.45, 7) is 1.61. The molecule has 1 rings (SSSR count). The van der Waals surface area contributed by atoms with Crippen LogP contribution in [0.2, 0.25) is 0 Å². The maximum atomic E-state index is 10.7. The van der Waals surface area contributed by atoms with Gasteiger partial charge in [-0.05, 0) is 13.0 Å². The third-order valence-electron chi connectivity index (χ3n) is 2.06. The third-order valence-corrected chi connectivity index (χ3v) is 2.06. The highest BCUT2D eigenvalue weighted by Gasteiger charge is 2.10. The summed E-state index contributed by atoms with van der Waals surface area (Å²) >= 11 is 0. The third kappa shape index (κ3) is 3.02. The van der Waals surface area contributed by atoms with Gasteiger partial charge in [0.15, 0.2) is 5.84 Å². The molecule has 18 heavy (non-hydrogen) atoms. The van der Waals surface area contributed by atoms with E-state index in [9.17, 15) is 10.1 Å². The van der Waals surface area contributed by atoms with E-state index in [2.05, 4.69) is 10.5 Å². The predicted octanol–water partition coefficient (Wildman–Crippen LogP) is 1.13. The molecule has 1 aromatic carbocycles. The first-order valence-corrected chi connectivity index (χ1v) is 4.79. The lowest BCUT2D eigenvalue weighted by Crippen LogP contribution is -2.21. The van der Waals surface area contributed by atoms with Crippen molar-refractivity contribution in [3.05, 3.63) is 33.9 Å². The Morgan fingerprint density at radius 2 is 2.33 bits per heavy atom. The van der Waals surface area contributed by atoms with Gasteiger partial charge in [0.1, 0.15) is 6.07 Å². The van der Waals surface area contributed by atoms with Gasteiger partial charge >= 0.3 is 0 Å². The molecule has 0 aliphatic carbocycles.